The molecule has 0 aromatic carbocycles. The predicted octanol–water partition coefficient (Wildman–Crippen LogP) is 1.80. The van der Waals surface area contributed by atoms with E-state index in [-0.39, 0.29) is 5.91 Å². The molecule has 0 aliphatic rings. The SMILES string of the molecule is Cc1noc(C)c1CC(=O)NCc1ccc(C)n1C. The van der Waals surface area contributed by atoms with Crippen molar-refractivity contribution in [1.82, 2.24) is 15.0 Å². The number of nitrogens with one attached hydrogen (secondary N) is 1. The summed E-state index contributed by atoms with van der Waals surface area (Å²) in [5.41, 5.74) is 3.92. The van der Waals surface area contributed by atoms with Gasteiger partial charge in [0.05, 0.1) is 18.7 Å². The van der Waals surface area contributed by atoms with E-state index in [1.807, 2.05) is 40.0 Å². The van der Waals surface area contributed by atoms with E-state index in [9.17, 15) is 4.79 Å². The van der Waals surface area contributed by atoms with Crippen molar-refractivity contribution >= 4 is 5.91 Å². The molecule has 2 rings (SSSR count). The highest BCUT2D eigenvalue weighted by Crippen LogP contribution is 2.12. The van der Waals surface area contributed by atoms with Gasteiger partial charge in [-0.2, -0.15) is 0 Å². The maximum absolute atomic E-state index is 11.9. The summed E-state index contributed by atoms with van der Waals surface area (Å²) < 4.78 is 7.11. The molecule has 0 radical (unpaired) electrons. The van der Waals surface area contributed by atoms with Gasteiger partial charge in [0.15, 0.2) is 0 Å². The number of aryl methyl sites for hydroxylation is 3. The Bertz CT molecular complexity index is 576. The third-order valence-electron chi connectivity index (χ3n) is 3.46. The molecule has 5 heteroatoms. The number of hydrogen-bond donors (Lipinski definition) is 1. The first-order valence-corrected chi connectivity index (χ1v) is 6.28. The van der Waals surface area contributed by atoms with Crippen LogP contribution in [0.3, 0.4) is 0 Å². The fourth-order valence-electron chi connectivity index (χ4n) is 2.01. The molecule has 2 aromatic rings. The van der Waals surface area contributed by atoms with Crippen LogP contribution in [0.2, 0.25) is 0 Å². The van der Waals surface area contributed by atoms with Gasteiger partial charge in [0.2, 0.25) is 5.91 Å². The summed E-state index contributed by atoms with van der Waals surface area (Å²) in [6, 6.07) is 4.06. The number of amides is 1. The van der Waals surface area contributed by atoms with Crippen molar-refractivity contribution in [3.05, 3.63) is 40.5 Å². The van der Waals surface area contributed by atoms with E-state index in [2.05, 4.69) is 15.0 Å². The molecule has 0 fully saturated rings. The highest BCUT2D eigenvalue weighted by atomic mass is 16.5. The normalized spacial score (nSPS) is 10.7. The third kappa shape index (κ3) is 2.86. The molecule has 0 saturated carbocycles. The Balaban J connectivity index is 1.94. The molecule has 2 aromatic heterocycles. The topological polar surface area (TPSA) is 60.1 Å². The lowest BCUT2D eigenvalue weighted by Gasteiger charge is -2.07. The van der Waals surface area contributed by atoms with Crippen LogP contribution in [0.15, 0.2) is 16.7 Å². The smallest absolute Gasteiger partial charge is 0.224 e. The minimum atomic E-state index is -0.0201. The van der Waals surface area contributed by atoms with Gasteiger partial charge in [-0.05, 0) is 32.9 Å². The highest BCUT2D eigenvalue weighted by molar-refractivity contribution is 5.78. The van der Waals surface area contributed by atoms with Crippen molar-refractivity contribution in [3.8, 4) is 0 Å². The van der Waals surface area contributed by atoms with Crippen molar-refractivity contribution in [2.45, 2.75) is 33.7 Å². The van der Waals surface area contributed by atoms with E-state index >= 15 is 0 Å². The Kier molecular flexibility index (Phi) is 3.74. The predicted molar refractivity (Wildman–Crippen MR) is 71.7 cm³/mol. The van der Waals surface area contributed by atoms with Crippen LogP contribution in [0, 0.1) is 20.8 Å². The van der Waals surface area contributed by atoms with Crippen LogP contribution in [0.4, 0.5) is 0 Å². The zero-order valence-electron chi connectivity index (χ0n) is 11.8. The third-order valence-corrected chi connectivity index (χ3v) is 3.46. The van der Waals surface area contributed by atoms with E-state index in [1.54, 1.807) is 0 Å². The van der Waals surface area contributed by atoms with Gasteiger partial charge in [0, 0.05) is 24.0 Å². The summed E-state index contributed by atoms with van der Waals surface area (Å²) in [5.74, 6) is 0.690. The van der Waals surface area contributed by atoms with E-state index in [0.29, 0.717) is 18.7 Å². The van der Waals surface area contributed by atoms with Crippen LogP contribution in [0.5, 0.6) is 0 Å². The minimum Gasteiger partial charge on any atom is -0.361 e. The molecule has 5 nitrogen and oxygen atoms in total. The second kappa shape index (κ2) is 5.30. The van der Waals surface area contributed by atoms with Crippen LogP contribution in [-0.4, -0.2) is 15.6 Å². The maximum Gasteiger partial charge on any atom is 0.224 e. The first kappa shape index (κ1) is 13.4. The molecule has 19 heavy (non-hydrogen) atoms. The Morgan fingerprint density at radius 3 is 2.63 bits per heavy atom. The molecule has 0 bridgehead atoms. The summed E-state index contributed by atoms with van der Waals surface area (Å²) in [5, 5.41) is 6.76. The zero-order chi connectivity index (χ0) is 14.0. The molecule has 1 amide bonds. The summed E-state index contributed by atoms with van der Waals surface area (Å²) in [4.78, 5) is 11.9. The van der Waals surface area contributed by atoms with Crippen LogP contribution in [0.1, 0.15) is 28.4 Å². The molecule has 0 saturated heterocycles. The number of rotatable bonds is 4. The van der Waals surface area contributed by atoms with Crippen molar-refractivity contribution in [2.24, 2.45) is 7.05 Å². The maximum atomic E-state index is 11.9. The van der Waals surface area contributed by atoms with E-state index in [4.69, 9.17) is 4.52 Å². The van der Waals surface area contributed by atoms with Crippen molar-refractivity contribution in [2.75, 3.05) is 0 Å². The summed E-state index contributed by atoms with van der Waals surface area (Å²) in [6.45, 7) is 6.24. The average molecular weight is 261 g/mol. The lowest BCUT2D eigenvalue weighted by molar-refractivity contribution is -0.120. The lowest BCUT2D eigenvalue weighted by atomic mass is 10.1. The molecule has 0 spiro atoms. The zero-order valence-corrected chi connectivity index (χ0v) is 11.8. The summed E-state index contributed by atoms with van der Waals surface area (Å²) in [6.07, 6.45) is 0.310. The van der Waals surface area contributed by atoms with Gasteiger partial charge in [-0.3, -0.25) is 4.79 Å². The number of carbonyl (C=O) groups excluding carboxylic acids is 1. The molecule has 1 N–H and O–H groups in total. The average Bonchev–Trinajstić information content (AvgIpc) is 2.85. The molecule has 102 valence electrons. The van der Waals surface area contributed by atoms with Crippen LogP contribution < -0.4 is 5.32 Å². The number of hydrogen-bond acceptors (Lipinski definition) is 3. The van der Waals surface area contributed by atoms with Crippen LogP contribution in [0.25, 0.3) is 0 Å². The summed E-state index contributed by atoms with van der Waals surface area (Å²) >= 11 is 0. The quantitative estimate of drug-likeness (QED) is 0.913. The molecule has 0 atom stereocenters. The van der Waals surface area contributed by atoms with Crippen LogP contribution >= 0.6 is 0 Å². The number of nitrogens with zero attached hydrogens (tertiary/aromatic N) is 2. The monoisotopic (exact) mass is 261 g/mol. The number of aromatic nitrogens is 2. The van der Waals surface area contributed by atoms with Crippen LogP contribution in [-0.2, 0) is 24.8 Å². The van der Waals surface area contributed by atoms with E-state index < -0.39 is 0 Å². The molecular weight excluding hydrogens is 242 g/mol. The molecule has 0 unspecified atom stereocenters. The van der Waals surface area contributed by atoms with E-state index in [0.717, 1.165) is 17.0 Å². The Morgan fingerprint density at radius 2 is 2.11 bits per heavy atom. The molecule has 2 heterocycles. The Morgan fingerprint density at radius 1 is 1.37 bits per heavy atom. The van der Waals surface area contributed by atoms with E-state index in [1.165, 1.54) is 5.69 Å². The van der Waals surface area contributed by atoms with Gasteiger partial charge >= 0.3 is 0 Å². The highest BCUT2D eigenvalue weighted by Gasteiger charge is 2.13. The fourth-order valence-corrected chi connectivity index (χ4v) is 2.01. The standard InChI is InChI=1S/C14H19N3O2/c1-9-5-6-12(17(9)4)8-15-14(18)7-13-10(2)16-19-11(13)3/h5-6H,7-8H2,1-4H3,(H,15,18). The first-order valence-electron chi connectivity index (χ1n) is 6.28. The fraction of sp³-hybridized carbons (Fsp3) is 0.429. The van der Waals surface area contributed by atoms with Gasteiger partial charge in [-0.25, -0.2) is 0 Å². The van der Waals surface area contributed by atoms with Crippen molar-refractivity contribution in [1.29, 1.82) is 0 Å². The summed E-state index contributed by atoms with van der Waals surface area (Å²) in [7, 11) is 1.99. The molecule has 0 aliphatic carbocycles. The molecule has 0 aliphatic heterocycles. The largest absolute Gasteiger partial charge is 0.361 e. The Labute approximate surface area is 112 Å². The van der Waals surface area contributed by atoms with Gasteiger partial charge in [-0.1, -0.05) is 5.16 Å². The second-order valence-corrected chi connectivity index (χ2v) is 4.78. The lowest BCUT2D eigenvalue weighted by Crippen LogP contribution is -2.26. The van der Waals surface area contributed by atoms with Gasteiger partial charge in [-0.15, -0.1) is 0 Å². The number of carbonyl (C=O) groups is 1. The molecular formula is C14H19N3O2. The van der Waals surface area contributed by atoms with Gasteiger partial charge in [0.25, 0.3) is 0 Å². The van der Waals surface area contributed by atoms with Gasteiger partial charge < -0.3 is 14.4 Å². The van der Waals surface area contributed by atoms with Crippen molar-refractivity contribution in [3.63, 3.8) is 0 Å². The minimum absolute atomic E-state index is 0.0201. The van der Waals surface area contributed by atoms with Crippen molar-refractivity contribution < 1.29 is 9.32 Å². The Hall–Kier alpha value is -2.04. The second-order valence-electron chi connectivity index (χ2n) is 4.78. The first-order chi connectivity index (χ1) is 8.99. The van der Waals surface area contributed by atoms with Gasteiger partial charge in [0.1, 0.15) is 5.76 Å².